The summed E-state index contributed by atoms with van der Waals surface area (Å²) < 4.78 is 4.37. The number of carbonyl (C=O) groups excluding carboxylic acids is 1. The lowest BCUT2D eigenvalue weighted by Gasteiger charge is -2.28. The molecule has 1 heterocycles. The molecule has 0 spiro atoms. The Morgan fingerprint density at radius 2 is 2.11 bits per heavy atom. The minimum atomic E-state index is -0.941. The quantitative estimate of drug-likeness (QED) is 0.729. The minimum Gasteiger partial charge on any atom is -0.394 e. The third kappa shape index (κ3) is 2.55. The highest BCUT2D eigenvalue weighted by molar-refractivity contribution is 5.96. The first-order valence-electron chi connectivity index (χ1n) is 5.64. The van der Waals surface area contributed by atoms with E-state index < -0.39 is 11.4 Å². The molecule has 7 nitrogen and oxygen atoms in total. The van der Waals surface area contributed by atoms with E-state index in [0.29, 0.717) is 0 Å². The molecule has 0 aliphatic heterocycles. The molecule has 0 aliphatic carbocycles. The number of nitrogens with two attached hydrogens (primary N) is 1. The monoisotopic (exact) mass is 262 g/mol. The van der Waals surface area contributed by atoms with Gasteiger partial charge in [0.2, 0.25) is 11.5 Å². The fraction of sp³-hybridized carbons (Fsp3) is 0.250. The van der Waals surface area contributed by atoms with Crippen LogP contribution < -0.4 is 11.1 Å². The van der Waals surface area contributed by atoms with Gasteiger partial charge in [-0.3, -0.25) is 4.79 Å². The first kappa shape index (κ1) is 13.0. The van der Waals surface area contributed by atoms with E-state index in [-0.39, 0.29) is 18.1 Å². The Morgan fingerprint density at radius 1 is 1.42 bits per heavy atom. The maximum absolute atomic E-state index is 12.0. The van der Waals surface area contributed by atoms with Crippen LogP contribution in [-0.2, 0) is 5.54 Å². The Hall–Kier alpha value is -2.41. The van der Waals surface area contributed by atoms with Crippen LogP contribution in [0.25, 0.3) is 0 Å². The van der Waals surface area contributed by atoms with Crippen molar-refractivity contribution in [2.45, 2.75) is 12.5 Å². The molecule has 1 aromatic carbocycles. The van der Waals surface area contributed by atoms with Crippen LogP contribution in [0, 0.1) is 0 Å². The van der Waals surface area contributed by atoms with Gasteiger partial charge in [-0.2, -0.15) is 0 Å². The molecule has 1 unspecified atom stereocenters. The highest BCUT2D eigenvalue weighted by atomic mass is 16.6. The fourth-order valence-electron chi connectivity index (χ4n) is 1.67. The van der Waals surface area contributed by atoms with E-state index >= 15 is 0 Å². The number of hydrogen-bond acceptors (Lipinski definition) is 6. The second-order valence-electron chi connectivity index (χ2n) is 4.31. The van der Waals surface area contributed by atoms with Crippen LogP contribution in [0.5, 0.6) is 0 Å². The molecular formula is C12H14N4O3. The minimum absolute atomic E-state index is 0.0918. The Morgan fingerprint density at radius 3 is 2.63 bits per heavy atom. The second-order valence-corrected chi connectivity index (χ2v) is 4.31. The SMILES string of the molecule is CC(CO)(NC(=O)c1nonc1N)c1ccccc1. The molecule has 0 saturated carbocycles. The molecule has 1 atom stereocenters. The fourth-order valence-corrected chi connectivity index (χ4v) is 1.67. The number of aliphatic hydroxyl groups excluding tert-OH is 1. The van der Waals surface area contributed by atoms with E-state index in [2.05, 4.69) is 20.3 Å². The lowest BCUT2D eigenvalue weighted by molar-refractivity contribution is 0.0840. The molecule has 0 bridgehead atoms. The number of aromatic nitrogens is 2. The number of aliphatic hydroxyl groups is 1. The van der Waals surface area contributed by atoms with Crippen molar-refractivity contribution in [2.75, 3.05) is 12.3 Å². The molecule has 2 aromatic rings. The van der Waals surface area contributed by atoms with Gasteiger partial charge in [0.25, 0.3) is 5.91 Å². The number of rotatable bonds is 4. The van der Waals surface area contributed by atoms with Crippen LogP contribution in [0.4, 0.5) is 5.82 Å². The van der Waals surface area contributed by atoms with Crippen LogP contribution in [-0.4, -0.2) is 27.9 Å². The summed E-state index contributed by atoms with van der Waals surface area (Å²) in [6, 6.07) is 9.10. The lowest BCUT2D eigenvalue weighted by Crippen LogP contribution is -2.46. The topological polar surface area (TPSA) is 114 Å². The third-order valence-corrected chi connectivity index (χ3v) is 2.85. The Labute approximate surface area is 109 Å². The van der Waals surface area contributed by atoms with Crippen molar-refractivity contribution in [3.05, 3.63) is 41.6 Å². The van der Waals surface area contributed by atoms with Crippen molar-refractivity contribution in [3.8, 4) is 0 Å². The first-order valence-corrected chi connectivity index (χ1v) is 5.64. The molecule has 0 fully saturated rings. The van der Waals surface area contributed by atoms with Crippen LogP contribution in [0.15, 0.2) is 35.0 Å². The second kappa shape index (κ2) is 5.07. The Balaban J connectivity index is 2.25. The molecule has 100 valence electrons. The number of nitrogen functional groups attached to an aromatic ring is 1. The van der Waals surface area contributed by atoms with Crippen LogP contribution in [0.3, 0.4) is 0 Å². The van der Waals surface area contributed by atoms with E-state index in [0.717, 1.165) is 5.56 Å². The number of anilines is 1. The van der Waals surface area contributed by atoms with Gasteiger partial charge in [-0.25, -0.2) is 4.63 Å². The van der Waals surface area contributed by atoms with Crippen LogP contribution in [0.2, 0.25) is 0 Å². The number of nitrogens with one attached hydrogen (secondary N) is 1. The molecule has 2 rings (SSSR count). The van der Waals surface area contributed by atoms with Gasteiger partial charge in [0.15, 0.2) is 0 Å². The van der Waals surface area contributed by atoms with Gasteiger partial charge in [-0.1, -0.05) is 30.3 Å². The average molecular weight is 262 g/mol. The van der Waals surface area contributed by atoms with Crippen LogP contribution in [0.1, 0.15) is 23.0 Å². The van der Waals surface area contributed by atoms with Crippen molar-refractivity contribution in [3.63, 3.8) is 0 Å². The number of carbonyl (C=O) groups is 1. The molecule has 0 saturated heterocycles. The molecule has 4 N–H and O–H groups in total. The number of hydrogen-bond donors (Lipinski definition) is 3. The third-order valence-electron chi connectivity index (χ3n) is 2.85. The van der Waals surface area contributed by atoms with Gasteiger partial charge in [0.1, 0.15) is 0 Å². The molecule has 0 radical (unpaired) electrons. The van der Waals surface area contributed by atoms with Gasteiger partial charge in [0.05, 0.1) is 12.1 Å². The predicted molar refractivity (Wildman–Crippen MR) is 67.1 cm³/mol. The number of nitrogens with zero attached hydrogens (tertiary/aromatic N) is 2. The van der Waals surface area contributed by atoms with Gasteiger partial charge in [-0.05, 0) is 22.8 Å². The normalized spacial score (nSPS) is 13.8. The predicted octanol–water partition coefficient (Wildman–Crippen LogP) is 0.289. The van der Waals surface area contributed by atoms with Gasteiger partial charge in [-0.15, -0.1) is 0 Å². The standard InChI is InChI=1S/C12H14N4O3/c1-12(7-17,8-5-3-2-4-6-8)14-11(18)9-10(13)16-19-15-9/h2-6,17H,7H2,1H3,(H2,13,16)(H,14,18). The van der Waals surface area contributed by atoms with Gasteiger partial charge in [0, 0.05) is 0 Å². The Kier molecular flexibility index (Phi) is 3.48. The van der Waals surface area contributed by atoms with Crippen molar-refractivity contribution in [2.24, 2.45) is 0 Å². The zero-order valence-electron chi connectivity index (χ0n) is 10.3. The maximum Gasteiger partial charge on any atom is 0.278 e. The number of benzene rings is 1. The zero-order chi connectivity index (χ0) is 13.9. The molecule has 19 heavy (non-hydrogen) atoms. The summed E-state index contributed by atoms with van der Waals surface area (Å²) >= 11 is 0. The zero-order valence-corrected chi connectivity index (χ0v) is 10.3. The number of amides is 1. The van der Waals surface area contributed by atoms with E-state index in [9.17, 15) is 9.90 Å². The largest absolute Gasteiger partial charge is 0.394 e. The molecular weight excluding hydrogens is 248 g/mol. The first-order chi connectivity index (χ1) is 9.07. The molecule has 1 amide bonds. The van der Waals surface area contributed by atoms with Crippen molar-refractivity contribution in [1.82, 2.24) is 15.6 Å². The summed E-state index contributed by atoms with van der Waals surface area (Å²) in [6.07, 6.45) is 0. The van der Waals surface area contributed by atoms with Crippen molar-refractivity contribution >= 4 is 11.7 Å². The summed E-state index contributed by atoms with van der Waals surface area (Å²) in [6.45, 7) is 1.43. The average Bonchev–Trinajstić information content (AvgIpc) is 2.86. The lowest BCUT2D eigenvalue weighted by atomic mass is 9.93. The van der Waals surface area contributed by atoms with Gasteiger partial charge < -0.3 is 16.2 Å². The van der Waals surface area contributed by atoms with E-state index in [1.165, 1.54) is 0 Å². The molecule has 1 aromatic heterocycles. The summed E-state index contributed by atoms with van der Waals surface area (Å²) in [5, 5.41) is 19.0. The highest BCUT2D eigenvalue weighted by Crippen LogP contribution is 2.20. The van der Waals surface area contributed by atoms with Crippen molar-refractivity contribution in [1.29, 1.82) is 0 Å². The molecule has 7 heteroatoms. The summed E-state index contributed by atoms with van der Waals surface area (Å²) in [7, 11) is 0. The van der Waals surface area contributed by atoms with Gasteiger partial charge >= 0.3 is 0 Å². The smallest absolute Gasteiger partial charge is 0.278 e. The van der Waals surface area contributed by atoms with E-state index in [4.69, 9.17) is 5.73 Å². The Bertz CT molecular complexity index is 569. The summed E-state index contributed by atoms with van der Waals surface area (Å²) in [5.41, 5.74) is 5.17. The summed E-state index contributed by atoms with van der Waals surface area (Å²) in [4.78, 5) is 12.0. The van der Waals surface area contributed by atoms with Crippen LogP contribution >= 0.6 is 0 Å². The maximum atomic E-state index is 12.0. The highest BCUT2D eigenvalue weighted by Gasteiger charge is 2.30. The van der Waals surface area contributed by atoms with E-state index in [1.54, 1.807) is 19.1 Å². The molecule has 0 aliphatic rings. The van der Waals surface area contributed by atoms with E-state index in [1.807, 2.05) is 18.2 Å². The summed E-state index contributed by atoms with van der Waals surface area (Å²) in [5.74, 6) is -0.648. The van der Waals surface area contributed by atoms with Crippen molar-refractivity contribution < 1.29 is 14.5 Å².